The summed E-state index contributed by atoms with van der Waals surface area (Å²) in [7, 11) is 0. The Morgan fingerprint density at radius 3 is 1.71 bits per heavy atom. The van der Waals surface area contributed by atoms with E-state index in [2.05, 4.69) is 16.0 Å². The first-order valence-corrected chi connectivity index (χ1v) is 8.96. The monoisotopic (exact) mass is 402 g/mol. The summed E-state index contributed by atoms with van der Waals surface area (Å²) in [5.41, 5.74) is 5.56. The number of aliphatic carboxylic acids is 2. The predicted molar refractivity (Wildman–Crippen MR) is 99.1 cm³/mol. The van der Waals surface area contributed by atoms with Crippen LogP contribution in [0.1, 0.15) is 47.0 Å². The van der Waals surface area contributed by atoms with E-state index >= 15 is 0 Å². The number of nitrogens with two attached hydrogens (primary N) is 1. The van der Waals surface area contributed by atoms with Crippen LogP contribution >= 0.6 is 0 Å². The van der Waals surface area contributed by atoms with E-state index in [1.807, 2.05) is 13.8 Å². The van der Waals surface area contributed by atoms with Crippen molar-refractivity contribution in [3.8, 4) is 0 Å². The van der Waals surface area contributed by atoms with Gasteiger partial charge in [-0.05, 0) is 32.6 Å². The van der Waals surface area contributed by atoms with Crippen molar-refractivity contribution < 1.29 is 34.2 Å². The lowest BCUT2D eigenvalue weighted by Crippen LogP contribution is -2.55. The second-order valence-corrected chi connectivity index (χ2v) is 7.03. The van der Waals surface area contributed by atoms with E-state index in [4.69, 9.17) is 15.9 Å². The van der Waals surface area contributed by atoms with Crippen LogP contribution in [0.15, 0.2) is 0 Å². The normalized spacial score (nSPS) is 15.1. The van der Waals surface area contributed by atoms with Gasteiger partial charge in [0.05, 0.1) is 6.04 Å². The number of carbonyl (C=O) groups is 5. The molecule has 28 heavy (non-hydrogen) atoms. The van der Waals surface area contributed by atoms with Gasteiger partial charge in [-0.15, -0.1) is 0 Å². The molecule has 0 aliphatic rings. The van der Waals surface area contributed by atoms with Crippen molar-refractivity contribution in [3.05, 3.63) is 0 Å². The van der Waals surface area contributed by atoms with E-state index in [0.29, 0.717) is 0 Å². The first-order valence-electron chi connectivity index (χ1n) is 8.96. The van der Waals surface area contributed by atoms with Crippen LogP contribution in [0, 0.1) is 5.92 Å². The number of hydrogen-bond donors (Lipinski definition) is 6. The lowest BCUT2D eigenvalue weighted by atomic mass is 10.0. The van der Waals surface area contributed by atoms with Gasteiger partial charge in [0.1, 0.15) is 18.1 Å². The third kappa shape index (κ3) is 9.86. The molecule has 0 saturated heterocycles. The van der Waals surface area contributed by atoms with Gasteiger partial charge in [-0.2, -0.15) is 0 Å². The molecule has 0 fully saturated rings. The van der Waals surface area contributed by atoms with E-state index in [1.54, 1.807) is 0 Å². The fourth-order valence-electron chi connectivity index (χ4n) is 2.19. The number of rotatable bonds is 12. The molecule has 0 saturated carbocycles. The minimum atomic E-state index is -1.17. The number of hydrogen-bond acceptors (Lipinski definition) is 6. The fourth-order valence-corrected chi connectivity index (χ4v) is 2.19. The summed E-state index contributed by atoms with van der Waals surface area (Å²) < 4.78 is 0. The zero-order chi connectivity index (χ0) is 22.0. The van der Waals surface area contributed by atoms with Crippen LogP contribution < -0.4 is 21.7 Å². The largest absolute Gasteiger partial charge is 0.481 e. The van der Waals surface area contributed by atoms with Gasteiger partial charge < -0.3 is 31.9 Å². The van der Waals surface area contributed by atoms with Gasteiger partial charge in [0, 0.05) is 6.42 Å². The Labute approximate surface area is 163 Å². The van der Waals surface area contributed by atoms with Crippen LogP contribution in [-0.2, 0) is 24.0 Å². The minimum absolute atomic E-state index is 0.0480. The maximum Gasteiger partial charge on any atom is 0.326 e. The molecule has 160 valence electrons. The van der Waals surface area contributed by atoms with E-state index in [1.165, 1.54) is 13.8 Å². The molecule has 0 aromatic carbocycles. The Kier molecular flexibility index (Phi) is 10.8. The van der Waals surface area contributed by atoms with Crippen molar-refractivity contribution in [2.45, 2.75) is 71.1 Å². The molecule has 4 atom stereocenters. The van der Waals surface area contributed by atoms with Crippen molar-refractivity contribution in [2.75, 3.05) is 0 Å². The van der Waals surface area contributed by atoms with E-state index in [0.717, 1.165) is 0 Å². The molecule has 0 aromatic rings. The number of amides is 3. The van der Waals surface area contributed by atoms with E-state index < -0.39 is 53.8 Å². The Morgan fingerprint density at radius 1 is 0.821 bits per heavy atom. The average Bonchev–Trinajstić information content (AvgIpc) is 2.57. The van der Waals surface area contributed by atoms with Gasteiger partial charge in [-0.3, -0.25) is 19.2 Å². The standard InChI is InChI=1S/C17H30N4O7/c1-8(2)7-12(17(27)28)21-15(25)10(4)19-14(24)9(3)20-16(26)11(18)5-6-13(22)23/h8-12H,5-7,18H2,1-4H3,(H,19,24)(H,20,26)(H,21,25)(H,22,23)(H,27,28). The highest BCUT2D eigenvalue weighted by molar-refractivity contribution is 5.93. The molecule has 0 aliphatic heterocycles. The second-order valence-electron chi connectivity index (χ2n) is 7.03. The van der Waals surface area contributed by atoms with Crippen molar-refractivity contribution in [3.63, 3.8) is 0 Å². The van der Waals surface area contributed by atoms with Crippen LogP contribution in [0.5, 0.6) is 0 Å². The number of carboxylic acids is 2. The minimum Gasteiger partial charge on any atom is -0.481 e. The highest BCUT2D eigenvalue weighted by Crippen LogP contribution is 2.05. The quantitative estimate of drug-likeness (QED) is 0.235. The maximum atomic E-state index is 12.1. The SMILES string of the molecule is CC(C)CC(NC(=O)C(C)NC(=O)C(C)NC(=O)C(N)CCC(=O)O)C(=O)O. The van der Waals surface area contributed by atoms with Crippen LogP contribution in [-0.4, -0.2) is 64.0 Å². The topological polar surface area (TPSA) is 188 Å². The second kappa shape index (κ2) is 11.9. The van der Waals surface area contributed by atoms with Crippen LogP contribution in [0.25, 0.3) is 0 Å². The number of carboxylic acid groups (broad SMARTS) is 2. The van der Waals surface area contributed by atoms with Gasteiger partial charge in [0.2, 0.25) is 17.7 Å². The van der Waals surface area contributed by atoms with Gasteiger partial charge in [-0.25, -0.2) is 4.79 Å². The number of nitrogens with one attached hydrogen (secondary N) is 3. The molecule has 0 aromatic heterocycles. The van der Waals surface area contributed by atoms with Crippen LogP contribution in [0.3, 0.4) is 0 Å². The molecule has 0 heterocycles. The fraction of sp³-hybridized carbons (Fsp3) is 0.706. The third-order valence-electron chi connectivity index (χ3n) is 3.83. The zero-order valence-electron chi connectivity index (χ0n) is 16.5. The molecular weight excluding hydrogens is 372 g/mol. The van der Waals surface area contributed by atoms with Crippen molar-refractivity contribution in [1.29, 1.82) is 0 Å². The van der Waals surface area contributed by atoms with E-state index in [-0.39, 0.29) is 25.2 Å². The van der Waals surface area contributed by atoms with Gasteiger partial charge in [0.15, 0.2) is 0 Å². The Bertz CT molecular complexity index is 594. The van der Waals surface area contributed by atoms with Crippen molar-refractivity contribution >= 4 is 29.7 Å². The Morgan fingerprint density at radius 2 is 1.29 bits per heavy atom. The molecular formula is C17H30N4O7. The zero-order valence-corrected chi connectivity index (χ0v) is 16.5. The van der Waals surface area contributed by atoms with Crippen LogP contribution in [0.4, 0.5) is 0 Å². The number of carbonyl (C=O) groups excluding carboxylic acids is 3. The third-order valence-corrected chi connectivity index (χ3v) is 3.83. The molecule has 4 unspecified atom stereocenters. The lowest BCUT2D eigenvalue weighted by molar-refractivity contribution is -0.142. The first-order chi connectivity index (χ1) is 12.8. The average molecular weight is 402 g/mol. The highest BCUT2D eigenvalue weighted by atomic mass is 16.4. The Balaban J connectivity index is 4.61. The maximum absolute atomic E-state index is 12.1. The summed E-state index contributed by atoms with van der Waals surface area (Å²) in [6, 6.07) is -4.21. The van der Waals surface area contributed by atoms with Gasteiger partial charge in [-0.1, -0.05) is 13.8 Å². The van der Waals surface area contributed by atoms with Crippen LogP contribution in [0.2, 0.25) is 0 Å². The van der Waals surface area contributed by atoms with Gasteiger partial charge >= 0.3 is 11.9 Å². The van der Waals surface area contributed by atoms with Crippen molar-refractivity contribution in [1.82, 2.24) is 16.0 Å². The lowest BCUT2D eigenvalue weighted by Gasteiger charge is -2.22. The molecule has 0 bridgehead atoms. The molecule has 0 radical (unpaired) electrons. The Hall–Kier alpha value is -2.69. The smallest absolute Gasteiger partial charge is 0.326 e. The van der Waals surface area contributed by atoms with Gasteiger partial charge in [0.25, 0.3) is 0 Å². The molecule has 11 nitrogen and oxygen atoms in total. The molecule has 7 N–H and O–H groups in total. The van der Waals surface area contributed by atoms with Crippen molar-refractivity contribution in [2.24, 2.45) is 11.7 Å². The molecule has 3 amide bonds. The summed E-state index contributed by atoms with van der Waals surface area (Å²) >= 11 is 0. The summed E-state index contributed by atoms with van der Waals surface area (Å²) in [5, 5.41) is 24.8. The summed E-state index contributed by atoms with van der Waals surface area (Å²) in [6.07, 6.45) is -0.128. The molecule has 0 rings (SSSR count). The molecule has 0 aliphatic carbocycles. The highest BCUT2D eigenvalue weighted by Gasteiger charge is 2.26. The first kappa shape index (κ1) is 25.3. The molecule has 0 spiro atoms. The van der Waals surface area contributed by atoms with E-state index in [9.17, 15) is 24.0 Å². The molecule has 11 heteroatoms. The summed E-state index contributed by atoms with van der Waals surface area (Å²) in [5.74, 6) is -4.24. The summed E-state index contributed by atoms with van der Waals surface area (Å²) in [4.78, 5) is 57.8. The summed E-state index contributed by atoms with van der Waals surface area (Å²) in [6.45, 7) is 6.40. The predicted octanol–water partition coefficient (Wildman–Crippen LogP) is -1.20.